The van der Waals surface area contributed by atoms with Gasteiger partial charge < -0.3 is 4.90 Å². The number of nitrogens with zero attached hydrogens (tertiary/aromatic N) is 2. The van der Waals surface area contributed by atoms with Crippen molar-refractivity contribution in [2.75, 3.05) is 24.2 Å². The average Bonchev–Trinajstić information content (AvgIpc) is 2.54. The second-order valence-corrected chi connectivity index (χ2v) is 8.81. The maximum absolute atomic E-state index is 12.6. The van der Waals surface area contributed by atoms with E-state index in [1.54, 1.807) is 30.1 Å². The predicted molar refractivity (Wildman–Crippen MR) is 98.0 cm³/mol. The van der Waals surface area contributed by atoms with Gasteiger partial charge in [0.15, 0.2) is 0 Å². The van der Waals surface area contributed by atoms with Crippen molar-refractivity contribution in [2.45, 2.75) is 45.1 Å². The van der Waals surface area contributed by atoms with Gasteiger partial charge in [0.05, 0.1) is 11.9 Å². The molecule has 1 aromatic rings. The molecule has 5 nitrogen and oxygen atoms in total. The molecule has 1 fully saturated rings. The fourth-order valence-corrected chi connectivity index (χ4v) is 4.06. The van der Waals surface area contributed by atoms with E-state index in [-0.39, 0.29) is 18.5 Å². The quantitative estimate of drug-likeness (QED) is 0.797. The molecule has 0 saturated heterocycles. The number of aryl methyl sites for hydroxylation is 1. The molecule has 7 heteroatoms. The van der Waals surface area contributed by atoms with Crippen molar-refractivity contribution < 1.29 is 13.2 Å². The van der Waals surface area contributed by atoms with E-state index in [9.17, 15) is 13.2 Å². The standard InChI is InChI=1S/C17H25ClN2O3S/c1-13-9-10-15(11-16(13)18)20(24(3,22)23)12-17(21)19(2)14-7-5-4-6-8-14/h9-11,14H,4-8,12H2,1-3H3. The van der Waals surface area contributed by atoms with Crippen molar-refractivity contribution in [1.82, 2.24) is 4.90 Å². The molecule has 0 spiro atoms. The van der Waals surface area contributed by atoms with E-state index in [4.69, 9.17) is 11.6 Å². The Morgan fingerprint density at radius 1 is 1.25 bits per heavy atom. The number of benzene rings is 1. The zero-order chi connectivity index (χ0) is 17.9. The fourth-order valence-electron chi connectivity index (χ4n) is 3.04. The summed E-state index contributed by atoms with van der Waals surface area (Å²) in [6.45, 7) is 1.64. The lowest BCUT2D eigenvalue weighted by Gasteiger charge is -2.33. The number of likely N-dealkylation sites (N-methyl/N-ethyl adjacent to an activating group) is 1. The highest BCUT2D eigenvalue weighted by Crippen LogP contribution is 2.26. The average molecular weight is 373 g/mol. The van der Waals surface area contributed by atoms with Crippen LogP contribution in [0.5, 0.6) is 0 Å². The van der Waals surface area contributed by atoms with Crippen molar-refractivity contribution in [3.63, 3.8) is 0 Å². The number of amides is 1. The second kappa shape index (κ2) is 7.74. The first kappa shape index (κ1) is 19.1. The summed E-state index contributed by atoms with van der Waals surface area (Å²) < 4.78 is 25.5. The summed E-state index contributed by atoms with van der Waals surface area (Å²) in [5, 5.41) is 0.481. The number of hydrogen-bond donors (Lipinski definition) is 0. The minimum Gasteiger partial charge on any atom is -0.341 e. The van der Waals surface area contributed by atoms with Crippen molar-refractivity contribution in [3.8, 4) is 0 Å². The number of carbonyl (C=O) groups excluding carboxylic acids is 1. The Labute approximate surface area is 149 Å². The van der Waals surface area contributed by atoms with Crippen LogP contribution in [-0.4, -0.2) is 45.1 Å². The van der Waals surface area contributed by atoms with Crippen LogP contribution in [0.15, 0.2) is 18.2 Å². The van der Waals surface area contributed by atoms with Crippen LogP contribution in [0.2, 0.25) is 5.02 Å². The van der Waals surface area contributed by atoms with E-state index >= 15 is 0 Å². The Morgan fingerprint density at radius 3 is 2.42 bits per heavy atom. The second-order valence-electron chi connectivity index (χ2n) is 6.50. The third kappa shape index (κ3) is 4.63. The lowest BCUT2D eigenvalue weighted by Crippen LogP contribution is -2.45. The molecule has 0 aromatic heterocycles. The number of anilines is 1. The van der Waals surface area contributed by atoms with Gasteiger partial charge in [-0.25, -0.2) is 8.42 Å². The van der Waals surface area contributed by atoms with Gasteiger partial charge in [0.1, 0.15) is 6.54 Å². The van der Waals surface area contributed by atoms with Gasteiger partial charge >= 0.3 is 0 Å². The van der Waals surface area contributed by atoms with E-state index in [1.807, 2.05) is 6.92 Å². The highest BCUT2D eigenvalue weighted by molar-refractivity contribution is 7.92. The normalized spacial score (nSPS) is 16.0. The maximum Gasteiger partial charge on any atom is 0.243 e. The Hall–Kier alpha value is -1.27. The number of halogens is 1. The molecule has 0 aliphatic heterocycles. The van der Waals surface area contributed by atoms with E-state index in [1.165, 1.54) is 6.42 Å². The van der Waals surface area contributed by atoms with E-state index in [0.717, 1.165) is 41.8 Å². The lowest BCUT2D eigenvalue weighted by atomic mass is 9.94. The molecule has 2 rings (SSSR count). The van der Waals surface area contributed by atoms with Gasteiger partial charge in [-0.1, -0.05) is 36.9 Å². The van der Waals surface area contributed by atoms with Gasteiger partial charge in [0.25, 0.3) is 0 Å². The summed E-state index contributed by atoms with van der Waals surface area (Å²) in [7, 11) is -1.81. The molecule has 0 radical (unpaired) electrons. The van der Waals surface area contributed by atoms with Gasteiger partial charge in [0.2, 0.25) is 15.9 Å². The molecule has 134 valence electrons. The Balaban J connectivity index is 2.19. The third-order valence-corrected chi connectivity index (χ3v) is 6.19. The Kier molecular flexibility index (Phi) is 6.15. The molecule has 1 aromatic carbocycles. The summed E-state index contributed by atoms with van der Waals surface area (Å²) in [6, 6.07) is 5.22. The molecule has 24 heavy (non-hydrogen) atoms. The summed E-state index contributed by atoms with van der Waals surface area (Å²) in [6.07, 6.45) is 6.51. The van der Waals surface area contributed by atoms with Crippen molar-refractivity contribution in [3.05, 3.63) is 28.8 Å². The van der Waals surface area contributed by atoms with Crippen LogP contribution >= 0.6 is 11.6 Å². The van der Waals surface area contributed by atoms with E-state index in [2.05, 4.69) is 0 Å². The molecule has 1 saturated carbocycles. The smallest absolute Gasteiger partial charge is 0.243 e. The maximum atomic E-state index is 12.6. The van der Waals surface area contributed by atoms with Gasteiger partial charge in [-0.15, -0.1) is 0 Å². The Bertz CT molecular complexity index is 700. The molecule has 0 atom stereocenters. The van der Waals surface area contributed by atoms with Crippen LogP contribution in [-0.2, 0) is 14.8 Å². The number of sulfonamides is 1. The zero-order valence-electron chi connectivity index (χ0n) is 14.5. The molecule has 0 unspecified atom stereocenters. The first-order valence-electron chi connectivity index (χ1n) is 8.19. The molecular weight excluding hydrogens is 348 g/mol. The first-order chi connectivity index (χ1) is 11.2. The van der Waals surface area contributed by atoms with Crippen LogP contribution < -0.4 is 4.31 Å². The fraction of sp³-hybridized carbons (Fsp3) is 0.588. The Morgan fingerprint density at radius 2 is 1.88 bits per heavy atom. The van der Waals surface area contributed by atoms with Crippen molar-refractivity contribution in [1.29, 1.82) is 0 Å². The molecule has 0 N–H and O–H groups in total. The van der Waals surface area contributed by atoms with Crippen molar-refractivity contribution in [2.24, 2.45) is 0 Å². The van der Waals surface area contributed by atoms with E-state index < -0.39 is 10.0 Å². The highest BCUT2D eigenvalue weighted by atomic mass is 35.5. The zero-order valence-corrected chi connectivity index (χ0v) is 16.0. The first-order valence-corrected chi connectivity index (χ1v) is 10.4. The topological polar surface area (TPSA) is 57.7 Å². The van der Waals surface area contributed by atoms with Crippen LogP contribution in [0, 0.1) is 6.92 Å². The molecular formula is C17H25ClN2O3S. The largest absolute Gasteiger partial charge is 0.341 e. The highest BCUT2D eigenvalue weighted by Gasteiger charge is 2.27. The molecule has 1 amide bonds. The van der Waals surface area contributed by atoms with Crippen molar-refractivity contribution >= 4 is 33.2 Å². The third-order valence-electron chi connectivity index (χ3n) is 4.64. The molecule has 0 bridgehead atoms. The summed E-state index contributed by atoms with van der Waals surface area (Å²) in [4.78, 5) is 14.3. The van der Waals surface area contributed by atoms with Gasteiger partial charge in [0, 0.05) is 18.1 Å². The van der Waals surface area contributed by atoms with Gasteiger partial charge in [-0.05, 0) is 37.5 Å². The van der Waals surface area contributed by atoms with E-state index in [0.29, 0.717) is 10.7 Å². The van der Waals surface area contributed by atoms with Gasteiger partial charge in [-0.3, -0.25) is 9.10 Å². The summed E-state index contributed by atoms with van der Waals surface area (Å²) in [5.74, 6) is -0.191. The lowest BCUT2D eigenvalue weighted by molar-refractivity contribution is -0.130. The number of rotatable bonds is 5. The van der Waals surface area contributed by atoms with Crippen LogP contribution in [0.4, 0.5) is 5.69 Å². The molecule has 1 aliphatic carbocycles. The van der Waals surface area contributed by atoms with Crippen LogP contribution in [0.25, 0.3) is 0 Å². The van der Waals surface area contributed by atoms with Crippen LogP contribution in [0.3, 0.4) is 0 Å². The minimum absolute atomic E-state index is 0.191. The van der Waals surface area contributed by atoms with Crippen LogP contribution in [0.1, 0.15) is 37.7 Å². The predicted octanol–water partition coefficient (Wildman–Crippen LogP) is 3.21. The number of hydrogen-bond acceptors (Lipinski definition) is 3. The summed E-state index contributed by atoms with van der Waals surface area (Å²) >= 11 is 6.11. The monoisotopic (exact) mass is 372 g/mol. The molecule has 1 aliphatic rings. The SMILES string of the molecule is Cc1ccc(N(CC(=O)N(C)C2CCCCC2)S(C)(=O)=O)cc1Cl. The number of carbonyl (C=O) groups is 1. The minimum atomic E-state index is -3.58. The summed E-state index contributed by atoms with van der Waals surface area (Å²) in [5.41, 5.74) is 1.28. The van der Waals surface area contributed by atoms with Gasteiger partial charge in [-0.2, -0.15) is 0 Å². The molecule has 0 heterocycles.